The third-order valence-corrected chi connectivity index (χ3v) is 2.15. The lowest BCUT2D eigenvalue weighted by Gasteiger charge is -2.17. The van der Waals surface area contributed by atoms with Crippen LogP contribution in [0.4, 0.5) is 33.3 Å². The first-order valence-electron chi connectivity index (χ1n) is 4.85. The van der Waals surface area contributed by atoms with Gasteiger partial charge in [-0.3, -0.25) is 0 Å². The van der Waals surface area contributed by atoms with E-state index in [0.29, 0.717) is 6.07 Å². The minimum atomic E-state index is -4.54. The van der Waals surface area contributed by atoms with Gasteiger partial charge in [0.15, 0.2) is 0 Å². The van der Waals surface area contributed by atoms with Crippen LogP contribution >= 0.6 is 0 Å². The summed E-state index contributed by atoms with van der Waals surface area (Å²) in [4.78, 5) is 0. The third-order valence-electron chi connectivity index (χ3n) is 2.15. The summed E-state index contributed by atoms with van der Waals surface area (Å²) in [5.41, 5.74) is 4.02. The molecule has 1 aromatic rings. The maximum absolute atomic E-state index is 12.7. The smallest absolute Gasteiger partial charge is 0.397 e. The minimum Gasteiger partial charge on any atom is -0.397 e. The molecule has 1 rings (SSSR count). The number of aliphatic hydroxyl groups is 1. The lowest BCUT2D eigenvalue weighted by molar-refractivity contribution is -0.137. The van der Waals surface area contributed by atoms with Crippen molar-refractivity contribution in [2.75, 3.05) is 24.2 Å². The largest absolute Gasteiger partial charge is 0.416 e. The fraction of sp³-hybridized carbons (Fsp3) is 0.400. The third kappa shape index (κ3) is 3.73. The molecule has 3 nitrogen and oxygen atoms in total. The summed E-state index contributed by atoms with van der Waals surface area (Å²) in [6, 6.07) is 2.35. The topological polar surface area (TPSA) is 58.3 Å². The predicted molar refractivity (Wildman–Crippen MR) is 56.4 cm³/mol. The Morgan fingerprint density at radius 3 is 2.22 bits per heavy atom. The van der Waals surface area contributed by atoms with Gasteiger partial charge in [0, 0.05) is 0 Å². The molecule has 8 heteroatoms. The number of benzene rings is 1. The Bertz CT molecular complexity index is 419. The summed E-state index contributed by atoms with van der Waals surface area (Å²) in [7, 11) is 0. The number of nitrogen functional groups attached to an aromatic ring is 1. The van der Waals surface area contributed by atoms with E-state index in [1.54, 1.807) is 0 Å². The van der Waals surface area contributed by atoms with Crippen LogP contribution in [0.2, 0.25) is 0 Å². The summed E-state index contributed by atoms with van der Waals surface area (Å²) >= 11 is 0. The Hall–Kier alpha value is -1.57. The summed E-state index contributed by atoms with van der Waals surface area (Å²) < 4.78 is 62.3. The maximum atomic E-state index is 12.7. The second kappa shape index (κ2) is 4.97. The van der Waals surface area contributed by atoms with Crippen molar-refractivity contribution in [2.24, 2.45) is 0 Å². The van der Waals surface area contributed by atoms with Gasteiger partial charge in [-0.05, 0) is 18.2 Å². The molecule has 0 bridgehead atoms. The van der Waals surface area contributed by atoms with Gasteiger partial charge in [-0.2, -0.15) is 13.2 Å². The van der Waals surface area contributed by atoms with E-state index in [-0.39, 0.29) is 11.4 Å². The van der Waals surface area contributed by atoms with Crippen molar-refractivity contribution >= 4 is 11.4 Å². The molecule has 0 amide bonds. The van der Waals surface area contributed by atoms with Crippen molar-refractivity contribution < 1.29 is 27.1 Å². The molecule has 0 spiro atoms. The van der Waals surface area contributed by atoms with Gasteiger partial charge in [0.2, 0.25) is 0 Å². The van der Waals surface area contributed by atoms with Crippen LogP contribution < -0.4 is 11.1 Å². The molecule has 0 fully saturated rings. The molecule has 1 aromatic carbocycles. The molecule has 0 aliphatic heterocycles. The maximum Gasteiger partial charge on any atom is 0.416 e. The van der Waals surface area contributed by atoms with Crippen LogP contribution in [0.25, 0.3) is 0 Å². The Morgan fingerprint density at radius 1 is 1.17 bits per heavy atom. The lowest BCUT2D eigenvalue weighted by Crippen LogP contribution is -2.31. The van der Waals surface area contributed by atoms with E-state index in [1.807, 2.05) is 0 Å². The number of nitrogens with two attached hydrogens (primary N) is 1. The fourth-order valence-corrected chi connectivity index (χ4v) is 1.18. The highest BCUT2D eigenvalue weighted by Crippen LogP contribution is 2.33. The Balaban J connectivity index is 2.81. The molecule has 102 valence electrons. The van der Waals surface area contributed by atoms with Crippen molar-refractivity contribution in [3.8, 4) is 0 Å². The number of alkyl halides is 5. The van der Waals surface area contributed by atoms with Gasteiger partial charge in [0.25, 0.3) is 5.92 Å². The molecule has 0 saturated carbocycles. The normalized spacial score (nSPS) is 12.6. The van der Waals surface area contributed by atoms with Gasteiger partial charge in [-0.1, -0.05) is 0 Å². The molecule has 0 aliphatic rings. The number of hydrogen-bond donors (Lipinski definition) is 3. The summed E-state index contributed by atoms with van der Waals surface area (Å²) in [6.45, 7) is -2.28. The SMILES string of the molecule is Nc1cc(C(F)(F)F)ccc1NCC(F)(F)CO. The predicted octanol–water partition coefficient (Wildman–Crippen LogP) is 2.33. The fourth-order valence-electron chi connectivity index (χ4n) is 1.18. The van der Waals surface area contributed by atoms with E-state index < -0.39 is 30.8 Å². The molecule has 0 unspecified atom stereocenters. The van der Waals surface area contributed by atoms with E-state index >= 15 is 0 Å². The number of anilines is 2. The first kappa shape index (κ1) is 14.5. The first-order valence-corrected chi connectivity index (χ1v) is 4.85. The van der Waals surface area contributed by atoms with Crippen molar-refractivity contribution in [3.05, 3.63) is 23.8 Å². The van der Waals surface area contributed by atoms with Crippen molar-refractivity contribution in [2.45, 2.75) is 12.1 Å². The molecule has 0 radical (unpaired) electrons. The summed E-state index contributed by atoms with van der Waals surface area (Å²) in [6.07, 6.45) is -4.54. The molecular formula is C10H11F5N2O. The van der Waals surface area contributed by atoms with Crippen LogP contribution in [0.1, 0.15) is 5.56 Å². The number of rotatable bonds is 4. The average molecular weight is 270 g/mol. The zero-order chi connectivity index (χ0) is 14.0. The van der Waals surface area contributed by atoms with Gasteiger partial charge < -0.3 is 16.2 Å². The van der Waals surface area contributed by atoms with Crippen molar-refractivity contribution in [1.82, 2.24) is 0 Å². The van der Waals surface area contributed by atoms with Gasteiger partial charge in [-0.15, -0.1) is 0 Å². The Morgan fingerprint density at radius 2 is 1.78 bits per heavy atom. The highest BCUT2D eigenvalue weighted by Gasteiger charge is 2.31. The quantitative estimate of drug-likeness (QED) is 0.581. The number of nitrogens with one attached hydrogen (secondary N) is 1. The van der Waals surface area contributed by atoms with Crippen molar-refractivity contribution in [1.29, 1.82) is 0 Å². The molecule has 0 heterocycles. The minimum absolute atomic E-state index is 0.0453. The molecule has 4 N–H and O–H groups in total. The van der Waals surface area contributed by atoms with Crippen LogP contribution in [0.5, 0.6) is 0 Å². The zero-order valence-corrected chi connectivity index (χ0v) is 9.06. The van der Waals surface area contributed by atoms with E-state index in [2.05, 4.69) is 5.32 Å². The van der Waals surface area contributed by atoms with E-state index in [1.165, 1.54) is 0 Å². The first-order chi connectivity index (χ1) is 8.15. The average Bonchev–Trinajstić information content (AvgIpc) is 2.26. The molecule has 18 heavy (non-hydrogen) atoms. The lowest BCUT2D eigenvalue weighted by atomic mass is 10.1. The Labute approximate surface area is 99.4 Å². The van der Waals surface area contributed by atoms with Gasteiger partial charge in [-0.25, -0.2) is 8.78 Å². The Kier molecular flexibility index (Phi) is 4.00. The van der Waals surface area contributed by atoms with Crippen LogP contribution in [-0.2, 0) is 6.18 Å². The molecule has 0 aliphatic carbocycles. The van der Waals surface area contributed by atoms with Crippen LogP contribution in [-0.4, -0.2) is 24.2 Å². The van der Waals surface area contributed by atoms with Crippen molar-refractivity contribution in [3.63, 3.8) is 0 Å². The van der Waals surface area contributed by atoms with Crippen LogP contribution in [0, 0.1) is 0 Å². The number of halogens is 5. The van der Waals surface area contributed by atoms with Gasteiger partial charge in [0.1, 0.15) is 6.61 Å². The number of aliphatic hydroxyl groups excluding tert-OH is 1. The van der Waals surface area contributed by atoms with Gasteiger partial charge in [0.05, 0.1) is 23.5 Å². The summed E-state index contributed by atoms with van der Waals surface area (Å²) in [5, 5.41) is 10.5. The molecule has 0 aromatic heterocycles. The highest BCUT2D eigenvalue weighted by atomic mass is 19.4. The van der Waals surface area contributed by atoms with E-state index in [9.17, 15) is 22.0 Å². The van der Waals surface area contributed by atoms with E-state index in [0.717, 1.165) is 12.1 Å². The molecular weight excluding hydrogens is 259 g/mol. The summed E-state index contributed by atoms with van der Waals surface area (Å²) in [5.74, 6) is -3.37. The zero-order valence-electron chi connectivity index (χ0n) is 9.06. The monoisotopic (exact) mass is 270 g/mol. The second-order valence-corrected chi connectivity index (χ2v) is 3.67. The van der Waals surface area contributed by atoms with Crippen LogP contribution in [0.3, 0.4) is 0 Å². The second-order valence-electron chi connectivity index (χ2n) is 3.67. The van der Waals surface area contributed by atoms with Crippen LogP contribution in [0.15, 0.2) is 18.2 Å². The standard InChI is InChI=1S/C10H11F5N2O/c11-9(12,5-18)4-17-8-2-1-6(3-7(8)16)10(13,14)15/h1-3,17-18H,4-5,16H2. The van der Waals surface area contributed by atoms with E-state index in [4.69, 9.17) is 10.8 Å². The van der Waals surface area contributed by atoms with Gasteiger partial charge >= 0.3 is 6.18 Å². The highest BCUT2D eigenvalue weighted by molar-refractivity contribution is 5.67. The molecule has 0 saturated heterocycles. The number of hydrogen-bond acceptors (Lipinski definition) is 3. The molecule has 0 atom stereocenters.